The Hall–Kier alpha value is -7.28. The van der Waals surface area contributed by atoms with E-state index in [1.54, 1.807) is 0 Å². The second kappa shape index (κ2) is 12.9. The third-order valence-electron chi connectivity index (χ3n) is 16.5. The van der Waals surface area contributed by atoms with Crippen molar-refractivity contribution in [2.45, 2.75) is 56.8 Å². The third kappa shape index (κ3) is 4.82. The Morgan fingerprint density at radius 2 is 0.738 bits per heavy atom. The van der Waals surface area contributed by atoms with Crippen molar-refractivity contribution < 1.29 is 0 Å². The molecule has 1 atom stereocenters. The van der Waals surface area contributed by atoms with Gasteiger partial charge >= 0.3 is 0 Å². The van der Waals surface area contributed by atoms with Crippen molar-refractivity contribution in [2.75, 3.05) is 0 Å². The van der Waals surface area contributed by atoms with E-state index in [9.17, 15) is 0 Å². The van der Waals surface area contributed by atoms with Crippen molar-refractivity contribution in [2.24, 2.45) is 0 Å². The summed E-state index contributed by atoms with van der Waals surface area (Å²) in [5, 5.41) is 5.15. The van der Waals surface area contributed by atoms with Crippen LogP contribution < -0.4 is 0 Å². The molecule has 308 valence electrons. The van der Waals surface area contributed by atoms with Gasteiger partial charge in [-0.05, 0) is 170 Å². The van der Waals surface area contributed by atoms with E-state index in [-0.39, 0.29) is 16.2 Å². The van der Waals surface area contributed by atoms with E-state index in [1.165, 1.54) is 133 Å². The highest BCUT2D eigenvalue weighted by Crippen LogP contribution is 2.60. The van der Waals surface area contributed by atoms with Gasteiger partial charge in [-0.25, -0.2) is 0 Å². The standard InChI is InChI=1S/C65H48/c1-63(2)56-23-13-9-18-46(56)52-36-42(28-32-57(52)63)62-50-20-7-6-19-49(50)61(43-27-30-48-45-17-10-14-24-58(45)65(60(48)38-43)34-33-39-15-5-11-21-54(39)65)51-31-26-40(35-53(51)62)41-25-29-47-44-16-8-12-22-55(44)64(3,4)59(47)37-41/h5-32,35-38H,33-34H2,1-4H3. The molecule has 0 bridgehead atoms. The van der Waals surface area contributed by atoms with Crippen LogP contribution in [0.4, 0.5) is 0 Å². The van der Waals surface area contributed by atoms with Crippen molar-refractivity contribution >= 4 is 21.5 Å². The van der Waals surface area contributed by atoms with Crippen LogP contribution >= 0.6 is 0 Å². The maximum atomic E-state index is 2.58. The summed E-state index contributed by atoms with van der Waals surface area (Å²) < 4.78 is 0. The van der Waals surface area contributed by atoms with E-state index in [4.69, 9.17) is 0 Å². The highest BCUT2D eigenvalue weighted by molar-refractivity contribution is 6.22. The maximum Gasteiger partial charge on any atom is 0.0469 e. The molecule has 0 N–H and O–H groups in total. The molecule has 0 saturated carbocycles. The number of hydrogen-bond acceptors (Lipinski definition) is 0. The van der Waals surface area contributed by atoms with Gasteiger partial charge in [0.1, 0.15) is 0 Å². The normalized spacial score (nSPS) is 17.4. The molecule has 0 radical (unpaired) electrons. The highest BCUT2D eigenvalue weighted by Gasteiger charge is 2.48. The van der Waals surface area contributed by atoms with Crippen LogP contribution in [0.5, 0.6) is 0 Å². The second-order valence-electron chi connectivity index (χ2n) is 20.3. The predicted octanol–water partition coefficient (Wildman–Crippen LogP) is 16.9. The monoisotopic (exact) mass is 828 g/mol. The van der Waals surface area contributed by atoms with Gasteiger partial charge in [-0.1, -0.05) is 198 Å². The molecule has 0 saturated heterocycles. The molecule has 65 heavy (non-hydrogen) atoms. The Bertz CT molecular complexity index is 3720. The van der Waals surface area contributed by atoms with Gasteiger partial charge in [0.15, 0.2) is 0 Å². The first-order valence-corrected chi connectivity index (χ1v) is 23.5. The highest BCUT2D eigenvalue weighted by atomic mass is 14.5. The summed E-state index contributed by atoms with van der Waals surface area (Å²) in [6, 6.07) is 74.9. The Morgan fingerprint density at radius 3 is 1.48 bits per heavy atom. The molecule has 0 aliphatic heterocycles. The first kappa shape index (κ1) is 37.1. The van der Waals surface area contributed by atoms with Crippen LogP contribution in [0.3, 0.4) is 0 Å². The molecule has 10 aromatic carbocycles. The van der Waals surface area contributed by atoms with E-state index in [2.05, 4.69) is 222 Å². The van der Waals surface area contributed by atoms with Crippen molar-refractivity contribution in [1.29, 1.82) is 0 Å². The van der Waals surface area contributed by atoms with Gasteiger partial charge < -0.3 is 0 Å². The van der Waals surface area contributed by atoms with Crippen LogP contribution in [0, 0.1) is 0 Å². The predicted molar refractivity (Wildman–Crippen MR) is 273 cm³/mol. The Kier molecular flexibility index (Phi) is 7.38. The number of benzene rings is 10. The lowest BCUT2D eigenvalue weighted by Gasteiger charge is -2.29. The molecule has 0 amide bonds. The summed E-state index contributed by atoms with van der Waals surface area (Å²) in [4.78, 5) is 0. The van der Waals surface area contributed by atoms with Crippen molar-refractivity contribution in [1.82, 2.24) is 0 Å². The zero-order chi connectivity index (χ0) is 43.4. The van der Waals surface area contributed by atoms with Gasteiger partial charge in [-0.3, -0.25) is 0 Å². The van der Waals surface area contributed by atoms with Gasteiger partial charge in [0, 0.05) is 16.2 Å². The molecule has 1 unspecified atom stereocenters. The van der Waals surface area contributed by atoms with Crippen LogP contribution in [-0.2, 0) is 22.7 Å². The fraction of sp³-hybridized carbons (Fsp3) is 0.138. The Labute approximate surface area is 381 Å². The smallest absolute Gasteiger partial charge is 0.0469 e. The van der Waals surface area contributed by atoms with Crippen LogP contribution in [-0.4, -0.2) is 0 Å². The molecule has 0 heterocycles. The van der Waals surface area contributed by atoms with Crippen LogP contribution in [0.1, 0.15) is 78.6 Å². The molecule has 1 spiro atoms. The molecule has 4 aliphatic rings. The lowest BCUT2D eigenvalue weighted by atomic mass is 9.73. The average Bonchev–Trinajstić information content (AvgIpc) is 4.01. The quantitative estimate of drug-likeness (QED) is 0.156. The van der Waals surface area contributed by atoms with E-state index >= 15 is 0 Å². The first-order chi connectivity index (χ1) is 31.7. The number of hydrogen-bond donors (Lipinski definition) is 0. The first-order valence-electron chi connectivity index (χ1n) is 23.5. The molecular weight excluding hydrogens is 781 g/mol. The minimum atomic E-state index is -0.160. The fourth-order valence-corrected chi connectivity index (χ4v) is 13.4. The molecule has 10 aromatic rings. The largest absolute Gasteiger partial charge is 0.0620 e. The van der Waals surface area contributed by atoms with Gasteiger partial charge in [-0.15, -0.1) is 0 Å². The summed E-state index contributed by atoms with van der Waals surface area (Å²) in [5.41, 5.74) is 27.0. The van der Waals surface area contributed by atoms with E-state index in [0.29, 0.717) is 0 Å². The molecule has 14 rings (SSSR count). The minimum absolute atomic E-state index is 0.0585. The van der Waals surface area contributed by atoms with E-state index < -0.39 is 0 Å². The van der Waals surface area contributed by atoms with Gasteiger partial charge in [0.2, 0.25) is 0 Å². The minimum Gasteiger partial charge on any atom is -0.0620 e. The van der Waals surface area contributed by atoms with Gasteiger partial charge in [0.25, 0.3) is 0 Å². The van der Waals surface area contributed by atoms with Crippen LogP contribution in [0.2, 0.25) is 0 Å². The topological polar surface area (TPSA) is 0 Å². The summed E-state index contributed by atoms with van der Waals surface area (Å²) >= 11 is 0. The lowest BCUT2D eigenvalue weighted by molar-refractivity contribution is 0.626. The summed E-state index contributed by atoms with van der Waals surface area (Å²) in [7, 11) is 0. The average molecular weight is 829 g/mol. The Balaban J connectivity index is 1.04. The SMILES string of the molecule is CC1(C)c2ccccc2-c2cc(-c3c4ccccc4c(-c4ccc5c(c4)C4(CCc6ccccc64)c4ccccc4-5)c4ccc(-c5ccc6c(c5)C(C)(C)c5ccccc5-6)cc34)ccc21. The maximum absolute atomic E-state index is 2.58. The van der Waals surface area contributed by atoms with Gasteiger partial charge in [-0.2, -0.15) is 0 Å². The van der Waals surface area contributed by atoms with E-state index in [1.807, 2.05) is 0 Å². The number of rotatable bonds is 3. The fourth-order valence-electron chi connectivity index (χ4n) is 13.4. The zero-order valence-corrected chi connectivity index (χ0v) is 37.4. The number of aryl methyl sites for hydroxylation is 1. The second-order valence-corrected chi connectivity index (χ2v) is 20.3. The summed E-state index contributed by atoms with van der Waals surface area (Å²) in [6.45, 7) is 9.52. The van der Waals surface area contributed by atoms with Crippen LogP contribution in [0.15, 0.2) is 194 Å². The molecule has 0 nitrogen and oxygen atoms in total. The lowest BCUT2D eigenvalue weighted by Crippen LogP contribution is -2.23. The Morgan fingerprint density at radius 1 is 0.292 bits per heavy atom. The van der Waals surface area contributed by atoms with Gasteiger partial charge in [0.05, 0.1) is 0 Å². The third-order valence-corrected chi connectivity index (χ3v) is 16.5. The van der Waals surface area contributed by atoms with Crippen LogP contribution in [0.25, 0.3) is 88.3 Å². The molecular formula is C65H48. The van der Waals surface area contributed by atoms with Crippen molar-refractivity contribution in [3.63, 3.8) is 0 Å². The van der Waals surface area contributed by atoms with Crippen molar-refractivity contribution in [3.05, 3.63) is 239 Å². The molecule has 4 aliphatic carbocycles. The summed E-state index contributed by atoms with van der Waals surface area (Å²) in [5.74, 6) is 0. The molecule has 0 fully saturated rings. The van der Waals surface area contributed by atoms with Crippen molar-refractivity contribution in [3.8, 4) is 66.8 Å². The molecule has 0 aromatic heterocycles. The molecule has 0 heteroatoms. The number of fused-ring (bicyclic) bond motifs is 15. The summed E-state index contributed by atoms with van der Waals surface area (Å²) in [6.07, 6.45) is 2.18. The zero-order valence-electron chi connectivity index (χ0n) is 37.4. The van der Waals surface area contributed by atoms with E-state index in [0.717, 1.165) is 12.8 Å².